The largest absolute Gasteiger partial charge is 0.444 e. The monoisotopic (exact) mass is 328 g/mol. The molecule has 1 fully saturated rings. The van der Waals surface area contributed by atoms with Gasteiger partial charge in [0.15, 0.2) is 0 Å². The Morgan fingerprint density at radius 3 is 2.17 bits per heavy atom. The van der Waals surface area contributed by atoms with Crippen LogP contribution in [0.2, 0.25) is 0 Å². The minimum Gasteiger partial charge on any atom is -0.444 e. The van der Waals surface area contributed by atoms with Crippen molar-refractivity contribution < 1.29 is 23.9 Å². The van der Waals surface area contributed by atoms with Gasteiger partial charge in [-0.2, -0.15) is 9.59 Å². The zero-order valence-electron chi connectivity index (χ0n) is 14.9. The number of likely N-dealkylation sites (N-methyl/N-ethyl adjacent to an activating group) is 1. The third-order valence-electron chi connectivity index (χ3n) is 3.44. The van der Waals surface area contributed by atoms with Crippen LogP contribution in [0.3, 0.4) is 0 Å². The Morgan fingerprint density at radius 1 is 1.26 bits per heavy atom. The van der Waals surface area contributed by atoms with Crippen LogP contribution in [0.25, 0.3) is 0 Å². The molecule has 1 rings (SSSR count). The van der Waals surface area contributed by atoms with E-state index < -0.39 is 5.60 Å². The topological polar surface area (TPSA) is 84.0 Å². The second-order valence-corrected chi connectivity index (χ2v) is 6.85. The summed E-state index contributed by atoms with van der Waals surface area (Å²) in [5.74, 6) is 0.371. The first-order valence-corrected chi connectivity index (χ1v) is 7.77. The van der Waals surface area contributed by atoms with Gasteiger partial charge in [0.2, 0.25) is 5.91 Å². The number of rotatable bonds is 3. The molecule has 7 nitrogen and oxygen atoms in total. The second kappa shape index (κ2) is 9.30. The second-order valence-electron chi connectivity index (χ2n) is 6.85. The zero-order chi connectivity index (χ0) is 18.2. The first kappa shape index (κ1) is 21.1. The standard InChI is InChI=1S/C15H28N2O3.CO2/c1-7-8-11-9-12(13(18)16(5)6)17(10-11)14(19)20-15(2,3)4;2-1-3/h11-12H,7-10H2,1-6H3;/t11-,12-;/m0./s1. The smallest absolute Gasteiger partial charge is 0.410 e. The molecule has 2 amide bonds. The summed E-state index contributed by atoms with van der Waals surface area (Å²) in [5, 5.41) is 0. The van der Waals surface area contributed by atoms with Gasteiger partial charge < -0.3 is 9.64 Å². The van der Waals surface area contributed by atoms with Crippen LogP contribution < -0.4 is 0 Å². The molecule has 0 bridgehead atoms. The Bertz CT molecular complexity index is 436. The van der Waals surface area contributed by atoms with E-state index in [4.69, 9.17) is 14.3 Å². The third kappa shape index (κ3) is 7.28. The molecule has 23 heavy (non-hydrogen) atoms. The average molecular weight is 328 g/mol. The maximum atomic E-state index is 12.3. The lowest BCUT2D eigenvalue weighted by atomic mass is 10.00. The minimum atomic E-state index is -0.536. The van der Waals surface area contributed by atoms with Crippen molar-refractivity contribution in [2.24, 2.45) is 5.92 Å². The molecule has 0 radical (unpaired) electrons. The molecule has 132 valence electrons. The lowest BCUT2D eigenvalue weighted by Gasteiger charge is -2.29. The molecule has 0 aliphatic carbocycles. The Labute approximate surface area is 137 Å². The molecule has 1 saturated heterocycles. The van der Waals surface area contributed by atoms with E-state index >= 15 is 0 Å². The van der Waals surface area contributed by atoms with Gasteiger partial charge in [-0.25, -0.2) is 4.79 Å². The fourth-order valence-electron chi connectivity index (χ4n) is 2.59. The molecule has 1 aliphatic rings. The number of hydrogen-bond acceptors (Lipinski definition) is 5. The molecule has 1 aliphatic heterocycles. The van der Waals surface area contributed by atoms with Crippen LogP contribution in [0.15, 0.2) is 0 Å². The molecule has 0 saturated carbocycles. The Kier molecular flexibility index (Phi) is 8.54. The first-order valence-electron chi connectivity index (χ1n) is 7.77. The van der Waals surface area contributed by atoms with Crippen molar-refractivity contribution in [2.75, 3.05) is 20.6 Å². The van der Waals surface area contributed by atoms with Crippen LogP contribution in [0, 0.1) is 5.92 Å². The fourth-order valence-corrected chi connectivity index (χ4v) is 2.59. The van der Waals surface area contributed by atoms with Gasteiger partial charge in [0.1, 0.15) is 11.6 Å². The molecule has 0 N–H and O–H groups in total. The highest BCUT2D eigenvalue weighted by Crippen LogP contribution is 2.29. The molecule has 0 unspecified atom stereocenters. The summed E-state index contributed by atoms with van der Waals surface area (Å²) in [6.07, 6.45) is 2.72. The number of carbonyl (C=O) groups excluding carboxylic acids is 4. The summed E-state index contributed by atoms with van der Waals surface area (Å²) in [7, 11) is 3.45. The van der Waals surface area contributed by atoms with E-state index in [1.54, 1.807) is 23.9 Å². The van der Waals surface area contributed by atoms with Crippen LogP contribution in [0.4, 0.5) is 4.79 Å². The van der Waals surface area contributed by atoms with E-state index in [0.717, 1.165) is 19.3 Å². The van der Waals surface area contributed by atoms with Gasteiger partial charge in [0.05, 0.1) is 0 Å². The van der Waals surface area contributed by atoms with Crippen LogP contribution in [0.1, 0.15) is 47.0 Å². The molecule has 2 atom stereocenters. The molecule has 0 aromatic heterocycles. The highest BCUT2D eigenvalue weighted by atomic mass is 16.6. The van der Waals surface area contributed by atoms with E-state index in [1.807, 2.05) is 20.8 Å². The van der Waals surface area contributed by atoms with Crippen LogP contribution in [0.5, 0.6) is 0 Å². The average Bonchev–Trinajstić information content (AvgIpc) is 2.81. The summed E-state index contributed by atoms with van der Waals surface area (Å²) >= 11 is 0. The van der Waals surface area contributed by atoms with Crippen molar-refractivity contribution >= 4 is 18.2 Å². The summed E-state index contributed by atoms with van der Waals surface area (Å²) in [5.41, 5.74) is -0.536. The maximum Gasteiger partial charge on any atom is 0.410 e. The van der Waals surface area contributed by atoms with Crippen molar-refractivity contribution in [3.05, 3.63) is 0 Å². The molecule has 0 aromatic rings. The van der Waals surface area contributed by atoms with Gasteiger partial charge in [-0.05, 0) is 39.5 Å². The maximum absolute atomic E-state index is 12.3. The summed E-state index contributed by atoms with van der Waals surface area (Å²) in [6, 6.07) is -0.378. The quantitative estimate of drug-likeness (QED) is 0.790. The molecule has 7 heteroatoms. The van der Waals surface area contributed by atoms with Gasteiger partial charge >= 0.3 is 12.2 Å². The summed E-state index contributed by atoms with van der Waals surface area (Å²) < 4.78 is 5.42. The van der Waals surface area contributed by atoms with Crippen molar-refractivity contribution in [1.29, 1.82) is 0 Å². The van der Waals surface area contributed by atoms with E-state index in [2.05, 4.69) is 6.92 Å². The van der Waals surface area contributed by atoms with E-state index in [-0.39, 0.29) is 24.2 Å². The number of nitrogens with zero attached hydrogens (tertiary/aromatic N) is 2. The highest BCUT2D eigenvalue weighted by Gasteiger charge is 2.41. The molecular weight excluding hydrogens is 300 g/mol. The summed E-state index contributed by atoms with van der Waals surface area (Å²) in [4.78, 5) is 43.9. The number of likely N-dealkylation sites (tertiary alicyclic amines) is 1. The predicted octanol–water partition coefficient (Wildman–Crippen LogP) is 1.92. The third-order valence-corrected chi connectivity index (χ3v) is 3.44. The Hall–Kier alpha value is -1.88. The van der Waals surface area contributed by atoms with Crippen LogP contribution >= 0.6 is 0 Å². The van der Waals surface area contributed by atoms with E-state index in [9.17, 15) is 9.59 Å². The lowest BCUT2D eigenvalue weighted by Crippen LogP contribution is -2.47. The van der Waals surface area contributed by atoms with E-state index in [0.29, 0.717) is 12.5 Å². The number of amides is 2. The molecule has 1 heterocycles. The zero-order valence-corrected chi connectivity index (χ0v) is 14.9. The van der Waals surface area contributed by atoms with Crippen LogP contribution in [-0.4, -0.2) is 60.2 Å². The minimum absolute atomic E-state index is 0.0190. The number of ether oxygens (including phenoxy) is 1. The number of carbonyl (C=O) groups is 2. The van der Waals surface area contributed by atoms with Gasteiger partial charge in [-0.15, -0.1) is 0 Å². The van der Waals surface area contributed by atoms with Crippen molar-refractivity contribution in [1.82, 2.24) is 9.80 Å². The van der Waals surface area contributed by atoms with Crippen molar-refractivity contribution in [3.63, 3.8) is 0 Å². The molecular formula is C16H28N2O5. The highest BCUT2D eigenvalue weighted by molar-refractivity contribution is 5.86. The normalized spacial score (nSPS) is 20.2. The predicted molar refractivity (Wildman–Crippen MR) is 83.4 cm³/mol. The van der Waals surface area contributed by atoms with Crippen molar-refractivity contribution in [3.8, 4) is 0 Å². The van der Waals surface area contributed by atoms with Gasteiger partial charge in [-0.3, -0.25) is 9.69 Å². The fraction of sp³-hybridized carbons (Fsp3) is 0.812. The Morgan fingerprint density at radius 2 is 1.78 bits per heavy atom. The first-order chi connectivity index (χ1) is 10.6. The summed E-state index contributed by atoms with van der Waals surface area (Å²) in [6.45, 7) is 8.26. The molecule has 0 spiro atoms. The number of hydrogen-bond donors (Lipinski definition) is 0. The van der Waals surface area contributed by atoms with Gasteiger partial charge in [0.25, 0.3) is 0 Å². The lowest BCUT2D eigenvalue weighted by molar-refractivity contribution is -0.191. The SMILES string of the molecule is CCC[C@H]1C[C@@H](C(=O)N(C)C)N(C(=O)OC(C)(C)C)C1.O=C=O. The Balaban J connectivity index is 0.00000149. The van der Waals surface area contributed by atoms with Crippen molar-refractivity contribution in [2.45, 2.75) is 58.6 Å². The van der Waals surface area contributed by atoms with E-state index in [1.165, 1.54) is 0 Å². The van der Waals surface area contributed by atoms with Gasteiger partial charge in [0, 0.05) is 20.6 Å². The van der Waals surface area contributed by atoms with Crippen LogP contribution in [-0.2, 0) is 19.1 Å². The molecule has 0 aromatic carbocycles. The van der Waals surface area contributed by atoms with Gasteiger partial charge in [-0.1, -0.05) is 13.3 Å².